The first-order chi connectivity index (χ1) is 21.6. The van der Waals surface area contributed by atoms with Crippen LogP contribution in [0.25, 0.3) is 0 Å². The second-order valence-corrected chi connectivity index (χ2v) is 11.4. The molecule has 0 aromatic carbocycles. The van der Waals surface area contributed by atoms with Crippen LogP contribution in [0.3, 0.4) is 0 Å². The number of aliphatic hydroxyl groups is 1. The van der Waals surface area contributed by atoms with E-state index in [4.69, 9.17) is 21.7 Å². The molecule has 0 aliphatic heterocycles. The van der Waals surface area contributed by atoms with Crippen LogP contribution in [0.2, 0.25) is 0 Å². The lowest BCUT2D eigenvalue weighted by molar-refractivity contribution is -0.147. The van der Waals surface area contributed by atoms with Crippen molar-refractivity contribution in [2.75, 3.05) is 0 Å². The molecule has 0 aliphatic carbocycles. The molecule has 0 aromatic heterocycles. The van der Waals surface area contributed by atoms with Gasteiger partial charge in [-0.25, -0.2) is 4.79 Å². The average molecular weight is 675 g/mol. The van der Waals surface area contributed by atoms with E-state index in [1.807, 2.05) is 5.32 Å². The molecular weight excluding hydrogens is 628 g/mol. The molecule has 266 valence electrons. The lowest BCUT2D eigenvalue weighted by Gasteiger charge is -2.27. The third-order valence-electron chi connectivity index (χ3n) is 6.35. The minimum absolute atomic E-state index is 0.0166. The van der Waals surface area contributed by atoms with Crippen molar-refractivity contribution >= 4 is 53.3 Å². The Kier molecular flexibility index (Phi) is 17.6. The van der Waals surface area contributed by atoms with Crippen molar-refractivity contribution in [3.63, 3.8) is 0 Å². The second kappa shape index (κ2) is 19.6. The number of hydrogen-bond acceptors (Lipinski definition) is 11. The van der Waals surface area contributed by atoms with E-state index in [-0.39, 0.29) is 12.3 Å². The highest BCUT2D eigenvalue weighted by Crippen LogP contribution is 2.08. The molecule has 8 unspecified atom stereocenters. The van der Waals surface area contributed by atoms with Gasteiger partial charge in [-0.05, 0) is 40.0 Å². The van der Waals surface area contributed by atoms with Gasteiger partial charge in [0.1, 0.15) is 36.3 Å². The Bertz CT molecular complexity index is 1190. The SMILES string of the molecule is CC(C)CC(NC(=O)C(CC(N)=O)NC(=O)C(NC(=O)C(C)NC(=O)C(C)N)C(C)O)C(=O)NC(C)C(=O)NC(CC(=O)O)C(=O)O. The van der Waals surface area contributed by atoms with E-state index >= 15 is 0 Å². The van der Waals surface area contributed by atoms with Crippen molar-refractivity contribution in [3.05, 3.63) is 0 Å². The van der Waals surface area contributed by atoms with Gasteiger partial charge in [0.2, 0.25) is 41.4 Å². The van der Waals surface area contributed by atoms with Gasteiger partial charge in [0.05, 0.1) is 25.0 Å². The van der Waals surface area contributed by atoms with Crippen LogP contribution in [-0.2, 0) is 43.2 Å². The molecule has 0 spiro atoms. The first-order valence-corrected chi connectivity index (χ1v) is 14.6. The zero-order valence-electron chi connectivity index (χ0n) is 27.0. The van der Waals surface area contributed by atoms with Gasteiger partial charge in [0, 0.05) is 0 Å². The van der Waals surface area contributed by atoms with Gasteiger partial charge in [-0.3, -0.25) is 38.4 Å². The van der Waals surface area contributed by atoms with E-state index < -0.39 is 115 Å². The molecule has 0 bridgehead atoms. The number of carbonyl (C=O) groups excluding carboxylic acids is 7. The van der Waals surface area contributed by atoms with Crippen LogP contribution in [0, 0.1) is 5.92 Å². The number of nitrogens with one attached hydrogen (secondary N) is 6. The summed E-state index contributed by atoms with van der Waals surface area (Å²) in [6, 6.07) is -10.0. The van der Waals surface area contributed by atoms with Crippen molar-refractivity contribution in [2.24, 2.45) is 17.4 Å². The number of hydrogen-bond donors (Lipinski definition) is 11. The van der Waals surface area contributed by atoms with Crippen LogP contribution in [0.4, 0.5) is 0 Å². The van der Waals surface area contributed by atoms with E-state index in [1.54, 1.807) is 13.8 Å². The summed E-state index contributed by atoms with van der Waals surface area (Å²) >= 11 is 0. The van der Waals surface area contributed by atoms with Crippen LogP contribution in [0.1, 0.15) is 60.8 Å². The summed E-state index contributed by atoms with van der Waals surface area (Å²) in [6.07, 6.45) is -3.25. The van der Waals surface area contributed by atoms with Crippen LogP contribution < -0.4 is 43.4 Å². The highest BCUT2D eigenvalue weighted by atomic mass is 16.4. The number of carboxylic acid groups (broad SMARTS) is 2. The fraction of sp³-hybridized carbons (Fsp3) is 0.667. The number of rotatable bonds is 20. The van der Waals surface area contributed by atoms with Gasteiger partial charge >= 0.3 is 11.9 Å². The maximum atomic E-state index is 13.2. The summed E-state index contributed by atoms with van der Waals surface area (Å²) < 4.78 is 0. The average Bonchev–Trinajstić information content (AvgIpc) is 2.93. The molecule has 0 aliphatic rings. The molecule has 0 rings (SSSR count). The number of aliphatic carboxylic acids is 2. The fourth-order valence-electron chi connectivity index (χ4n) is 3.79. The zero-order chi connectivity index (χ0) is 36.8. The summed E-state index contributed by atoms with van der Waals surface area (Å²) in [5, 5.41) is 41.6. The van der Waals surface area contributed by atoms with Gasteiger partial charge in [0.25, 0.3) is 0 Å². The topological polar surface area (TPSA) is 339 Å². The van der Waals surface area contributed by atoms with Crippen molar-refractivity contribution in [1.82, 2.24) is 31.9 Å². The minimum atomic E-state index is -1.78. The highest BCUT2D eigenvalue weighted by molar-refractivity contribution is 5.98. The van der Waals surface area contributed by atoms with Crippen molar-refractivity contribution < 1.29 is 58.5 Å². The molecule has 7 amide bonds. The molecule has 0 aromatic rings. The molecule has 0 saturated heterocycles. The Morgan fingerprint density at radius 3 is 1.45 bits per heavy atom. The predicted molar refractivity (Wildman–Crippen MR) is 161 cm³/mol. The van der Waals surface area contributed by atoms with Gasteiger partial charge in [-0.2, -0.15) is 0 Å². The van der Waals surface area contributed by atoms with E-state index in [0.717, 1.165) is 6.92 Å². The maximum absolute atomic E-state index is 13.2. The van der Waals surface area contributed by atoms with E-state index in [9.17, 15) is 48.3 Å². The van der Waals surface area contributed by atoms with Gasteiger partial charge < -0.3 is 58.7 Å². The summed E-state index contributed by atoms with van der Waals surface area (Å²) in [5.41, 5.74) is 10.7. The molecule has 20 nitrogen and oxygen atoms in total. The number of carbonyl (C=O) groups is 9. The van der Waals surface area contributed by atoms with E-state index in [2.05, 4.69) is 26.6 Å². The molecule has 8 atom stereocenters. The molecule has 0 radical (unpaired) electrons. The zero-order valence-corrected chi connectivity index (χ0v) is 27.0. The number of nitrogens with two attached hydrogens (primary N) is 2. The summed E-state index contributed by atoms with van der Waals surface area (Å²) in [4.78, 5) is 110. The highest BCUT2D eigenvalue weighted by Gasteiger charge is 2.34. The molecule has 0 fully saturated rings. The Hall–Kier alpha value is -4.85. The molecule has 0 saturated carbocycles. The van der Waals surface area contributed by atoms with E-state index in [1.165, 1.54) is 20.8 Å². The van der Waals surface area contributed by atoms with Crippen molar-refractivity contribution in [3.8, 4) is 0 Å². The van der Waals surface area contributed by atoms with Gasteiger partial charge in [0.15, 0.2) is 0 Å². The van der Waals surface area contributed by atoms with Crippen LogP contribution in [0.5, 0.6) is 0 Å². The van der Waals surface area contributed by atoms with Crippen LogP contribution in [0.15, 0.2) is 0 Å². The number of primary amides is 1. The van der Waals surface area contributed by atoms with Crippen molar-refractivity contribution in [2.45, 2.75) is 109 Å². The van der Waals surface area contributed by atoms with Crippen LogP contribution in [-0.4, -0.2) is 117 Å². The maximum Gasteiger partial charge on any atom is 0.326 e. The number of amides is 7. The normalized spacial score (nSPS) is 16.0. The number of carboxylic acids is 2. The third kappa shape index (κ3) is 15.8. The number of aliphatic hydroxyl groups excluding tert-OH is 1. The molecular formula is C27H46N8O12. The Balaban J connectivity index is 5.84. The Morgan fingerprint density at radius 1 is 0.574 bits per heavy atom. The largest absolute Gasteiger partial charge is 0.481 e. The Labute approximate surface area is 270 Å². The summed E-state index contributed by atoms with van der Waals surface area (Å²) in [5.74, 6) is -10.1. The monoisotopic (exact) mass is 674 g/mol. The van der Waals surface area contributed by atoms with Gasteiger partial charge in [-0.1, -0.05) is 13.8 Å². The van der Waals surface area contributed by atoms with Crippen molar-refractivity contribution in [1.29, 1.82) is 0 Å². The fourth-order valence-corrected chi connectivity index (χ4v) is 3.79. The molecule has 0 heterocycles. The quantitative estimate of drug-likeness (QED) is 0.0578. The minimum Gasteiger partial charge on any atom is -0.481 e. The molecule has 47 heavy (non-hydrogen) atoms. The van der Waals surface area contributed by atoms with Crippen LogP contribution >= 0.6 is 0 Å². The smallest absolute Gasteiger partial charge is 0.326 e. The lowest BCUT2D eigenvalue weighted by Crippen LogP contribution is -2.61. The lowest BCUT2D eigenvalue weighted by atomic mass is 10.0. The summed E-state index contributed by atoms with van der Waals surface area (Å²) in [6.45, 7) is 8.40. The predicted octanol–water partition coefficient (Wildman–Crippen LogP) is -4.86. The Morgan fingerprint density at radius 2 is 1.02 bits per heavy atom. The third-order valence-corrected chi connectivity index (χ3v) is 6.35. The molecule has 13 N–H and O–H groups in total. The second-order valence-electron chi connectivity index (χ2n) is 11.4. The standard InChI is InChI=1S/C27H46N8O12/c1-10(2)7-15(24(43)31-12(4)22(41)34-17(27(46)47)9-19(38)39)32-25(44)16(8-18(29)37)33-26(45)20(14(6)36)35-23(42)13(5)30-21(40)11(3)28/h10-17,20,36H,7-9,28H2,1-6H3,(H2,29,37)(H,30,40)(H,31,43)(H,32,44)(H,33,45)(H,34,41)(H,35,42)(H,38,39)(H,46,47). The molecule has 20 heteroatoms. The first kappa shape index (κ1) is 42.1. The van der Waals surface area contributed by atoms with E-state index in [0.29, 0.717) is 0 Å². The first-order valence-electron chi connectivity index (χ1n) is 14.6. The van der Waals surface area contributed by atoms with Gasteiger partial charge in [-0.15, -0.1) is 0 Å². The summed E-state index contributed by atoms with van der Waals surface area (Å²) in [7, 11) is 0.